The van der Waals surface area contributed by atoms with E-state index in [4.69, 9.17) is 0 Å². The molecule has 0 radical (unpaired) electrons. The lowest BCUT2D eigenvalue weighted by Crippen LogP contribution is -2.16. The maximum absolute atomic E-state index is 12.5. The minimum atomic E-state index is -2.97. The van der Waals surface area contributed by atoms with Gasteiger partial charge in [-0.2, -0.15) is 8.78 Å². The quantitative estimate of drug-likeness (QED) is 0.597. The Balaban J connectivity index is 1.68. The van der Waals surface area contributed by atoms with E-state index in [9.17, 15) is 13.6 Å². The van der Waals surface area contributed by atoms with Gasteiger partial charge in [-0.05, 0) is 37.6 Å². The van der Waals surface area contributed by atoms with Crippen molar-refractivity contribution in [3.63, 3.8) is 0 Å². The number of carbonyl (C=O) groups is 1. The van der Waals surface area contributed by atoms with E-state index in [1.54, 1.807) is 23.0 Å². The average molecular weight is 404 g/mol. The Morgan fingerprint density at radius 3 is 2.79 bits per heavy atom. The number of carbonyl (C=O) groups excluding carboxylic acids is 1. The molecule has 1 aromatic heterocycles. The van der Waals surface area contributed by atoms with Crippen LogP contribution in [0.15, 0.2) is 53.9 Å². The second kappa shape index (κ2) is 8.83. The van der Waals surface area contributed by atoms with Gasteiger partial charge in [0.25, 0.3) is 0 Å². The van der Waals surface area contributed by atoms with Crippen molar-refractivity contribution in [2.75, 3.05) is 11.1 Å². The molecule has 3 rings (SSSR count). The topological polar surface area (TPSA) is 69.0 Å². The molecule has 6 nitrogen and oxygen atoms in total. The normalized spacial score (nSPS) is 10.9. The Hall–Kier alpha value is -2.94. The lowest BCUT2D eigenvalue weighted by atomic mass is 10.1. The summed E-state index contributed by atoms with van der Waals surface area (Å²) in [7, 11) is 0. The number of amides is 1. The first-order valence-corrected chi connectivity index (χ1v) is 9.36. The number of anilines is 1. The largest absolute Gasteiger partial charge is 0.433 e. The zero-order valence-corrected chi connectivity index (χ0v) is 16.0. The van der Waals surface area contributed by atoms with Crippen molar-refractivity contribution in [1.29, 1.82) is 0 Å². The molecule has 0 aliphatic carbocycles. The molecule has 0 spiro atoms. The van der Waals surface area contributed by atoms with E-state index >= 15 is 0 Å². The van der Waals surface area contributed by atoms with Crippen LogP contribution in [0.1, 0.15) is 11.1 Å². The van der Waals surface area contributed by atoms with E-state index in [-0.39, 0.29) is 23.1 Å². The molecule has 0 fully saturated rings. The van der Waals surface area contributed by atoms with Crippen molar-refractivity contribution in [2.45, 2.75) is 25.6 Å². The maximum Gasteiger partial charge on any atom is 0.387 e. The molecule has 0 aliphatic heterocycles. The van der Waals surface area contributed by atoms with E-state index in [1.165, 1.54) is 23.9 Å². The molecule has 0 atom stereocenters. The van der Waals surface area contributed by atoms with Crippen molar-refractivity contribution in [2.24, 2.45) is 0 Å². The number of ether oxygens (including phenoxy) is 1. The molecule has 1 heterocycles. The third kappa shape index (κ3) is 4.86. The number of benzene rings is 2. The van der Waals surface area contributed by atoms with Crippen LogP contribution >= 0.6 is 11.8 Å². The molecule has 0 saturated heterocycles. The number of para-hydroxylation sites is 2. The Labute approximate surface area is 164 Å². The summed E-state index contributed by atoms with van der Waals surface area (Å²) in [5.41, 5.74) is 3.31. The zero-order chi connectivity index (χ0) is 20.1. The van der Waals surface area contributed by atoms with Gasteiger partial charge in [-0.3, -0.25) is 9.36 Å². The van der Waals surface area contributed by atoms with Crippen LogP contribution in [0.5, 0.6) is 5.75 Å². The van der Waals surface area contributed by atoms with Crippen LogP contribution in [0.2, 0.25) is 0 Å². The Bertz CT molecular complexity index is 978. The molecular formula is C19H18F2N4O2S. The SMILES string of the molecule is Cc1ccc(-n2cnnc2SCC(=O)Nc2ccccc2OC(F)F)c(C)c1. The third-order valence-corrected chi connectivity index (χ3v) is 4.78. The number of aromatic nitrogens is 3. The summed E-state index contributed by atoms with van der Waals surface area (Å²) in [5, 5.41) is 11.1. The number of rotatable bonds is 7. The minimum Gasteiger partial charge on any atom is -0.433 e. The van der Waals surface area contributed by atoms with Crippen molar-refractivity contribution in [3.8, 4) is 11.4 Å². The van der Waals surface area contributed by atoms with Crippen LogP contribution in [0.4, 0.5) is 14.5 Å². The summed E-state index contributed by atoms with van der Waals surface area (Å²) < 4.78 is 31.2. The first kappa shape index (κ1) is 19.8. The van der Waals surface area contributed by atoms with E-state index in [0.29, 0.717) is 5.16 Å². The number of halogens is 2. The molecule has 0 unspecified atom stereocenters. The molecule has 28 heavy (non-hydrogen) atoms. The van der Waals surface area contributed by atoms with Crippen molar-refractivity contribution in [1.82, 2.24) is 14.8 Å². The zero-order valence-electron chi connectivity index (χ0n) is 15.2. The number of nitrogens with zero attached hydrogens (tertiary/aromatic N) is 3. The Kier molecular flexibility index (Phi) is 6.25. The molecule has 0 aliphatic rings. The van der Waals surface area contributed by atoms with Gasteiger partial charge in [0, 0.05) is 0 Å². The Morgan fingerprint density at radius 2 is 2.04 bits per heavy atom. The number of nitrogens with one attached hydrogen (secondary N) is 1. The van der Waals surface area contributed by atoms with Gasteiger partial charge in [0.05, 0.1) is 17.1 Å². The second-order valence-corrected chi connectivity index (χ2v) is 6.93. The summed E-state index contributed by atoms with van der Waals surface area (Å²) >= 11 is 1.20. The van der Waals surface area contributed by atoms with Gasteiger partial charge in [0.2, 0.25) is 5.91 Å². The molecule has 0 bridgehead atoms. The molecule has 3 aromatic rings. The van der Waals surface area contributed by atoms with Crippen molar-refractivity contribution in [3.05, 3.63) is 59.9 Å². The minimum absolute atomic E-state index is 0.0343. The van der Waals surface area contributed by atoms with Crippen LogP contribution in [0, 0.1) is 13.8 Å². The molecule has 146 valence electrons. The first-order chi connectivity index (χ1) is 13.4. The highest BCUT2D eigenvalue weighted by molar-refractivity contribution is 7.99. The van der Waals surface area contributed by atoms with Gasteiger partial charge in [-0.15, -0.1) is 10.2 Å². The van der Waals surface area contributed by atoms with Crippen LogP contribution in [-0.4, -0.2) is 33.0 Å². The first-order valence-electron chi connectivity index (χ1n) is 8.38. The predicted molar refractivity (Wildman–Crippen MR) is 103 cm³/mol. The van der Waals surface area contributed by atoms with E-state index in [0.717, 1.165) is 16.8 Å². The van der Waals surface area contributed by atoms with Gasteiger partial charge in [0.15, 0.2) is 5.16 Å². The smallest absolute Gasteiger partial charge is 0.387 e. The molecule has 9 heteroatoms. The van der Waals surface area contributed by atoms with Gasteiger partial charge in [-0.25, -0.2) is 0 Å². The molecule has 2 aromatic carbocycles. The number of alkyl halides is 2. The van der Waals surface area contributed by atoms with Crippen molar-refractivity contribution >= 4 is 23.4 Å². The molecular weight excluding hydrogens is 386 g/mol. The fraction of sp³-hybridized carbons (Fsp3) is 0.211. The summed E-state index contributed by atoms with van der Waals surface area (Å²) in [6.07, 6.45) is 1.59. The highest BCUT2D eigenvalue weighted by atomic mass is 32.2. The highest BCUT2D eigenvalue weighted by Gasteiger charge is 2.14. The highest BCUT2D eigenvalue weighted by Crippen LogP contribution is 2.27. The Morgan fingerprint density at radius 1 is 1.25 bits per heavy atom. The van der Waals surface area contributed by atoms with Crippen LogP contribution in [0.3, 0.4) is 0 Å². The molecule has 1 N–H and O–H groups in total. The van der Waals surface area contributed by atoms with Crippen molar-refractivity contribution < 1.29 is 18.3 Å². The summed E-state index contributed by atoms with van der Waals surface area (Å²) in [4.78, 5) is 12.3. The van der Waals surface area contributed by atoms with Gasteiger partial charge >= 0.3 is 6.61 Å². The summed E-state index contributed by atoms with van der Waals surface area (Å²) in [6.45, 7) is 1.03. The fourth-order valence-corrected chi connectivity index (χ4v) is 3.37. The van der Waals surface area contributed by atoms with Gasteiger partial charge in [-0.1, -0.05) is 41.6 Å². The number of thioether (sulfide) groups is 1. The second-order valence-electron chi connectivity index (χ2n) is 5.98. The van der Waals surface area contributed by atoms with Crippen LogP contribution in [0.25, 0.3) is 5.69 Å². The summed E-state index contributed by atoms with van der Waals surface area (Å²) in [6, 6.07) is 12.0. The van der Waals surface area contributed by atoms with E-state index < -0.39 is 6.61 Å². The monoisotopic (exact) mass is 404 g/mol. The predicted octanol–water partition coefficient (Wildman–Crippen LogP) is 4.22. The lowest BCUT2D eigenvalue weighted by Gasteiger charge is -2.12. The van der Waals surface area contributed by atoms with Crippen LogP contribution in [-0.2, 0) is 4.79 Å². The number of aryl methyl sites for hydroxylation is 2. The average Bonchev–Trinajstić information content (AvgIpc) is 3.09. The maximum atomic E-state index is 12.5. The standard InChI is InChI=1S/C19H18F2N4O2S/c1-12-7-8-15(13(2)9-12)25-11-22-24-19(25)28-10-17(26)23-14-5-3-4-6-16(14)27-18(20)21/h3-9,11,18H,10H2,1-2H3,(H,23,26). The number of hydrogen-bond donors (Lipinski definition) is 1. The van der Waals surface area contributed by atoms with Gasteiger partial charge in [0.1, 0.15) is 12.1 Å². The lowest BCUT2D eigenvalue weighted by molar-refractivity contribution is -0.113. The van der Waals surface area contributed by atoms with Gasteiger partial charge < -0.3 is 10.1 Å². The molecule has 0 saturated carbocycles. The molecule has 1 amide bonds. The van der Waals surface area contributed by atoms with E-state index in [2.05, 4.69) is 26.3 Å². The summed E-state index contributed by atoms with van der Waals surface area (Å²) in [5.74, 6) is -0.424. The number of hydrogen-bond acceptors (Lipinski definition) is 5. The fourth-order valence-electron chi connectivity index (χ4n) is 2.65. The van der Waals surface area contributed by atoms with Crippen LogP contribution < -0.4 is 10.1 Å². The van der Waals surface area contributed by atoms with E-state index in [1.807, 2.05) is 26.0 Å². The third-order valence-electron chi connectivity index (χ3n) is 3.84.